The molecule has 76 valence electrons. The molecule has 1 N–H and O–H groups in total. The lowest BCUT2D eigenvalue weighted by atomic mass is 10.1. The number of nitrogens with zero attached hydrogens (tertiary/aromatic N) is 2. The van der Waals surface area contributed by atoms with Gasteiger partial charge >= 0.3 is 5.97 Å². The van der Waals surface area contributed by atoms with Gasteiger partial charge in [0.2, 0.25) is 0 Å². The van der Waals surface area contributed by atoms with Gasteiger partial charge in [0.15, 0.2) is 5.69 Å². The van der Waals surface area contributed by atoms with Crippen molar-refractivity contribution in [1.29, 1.82) is 0 Å². The van der Waals surface area contributed by atoms with Crippen LogP contribution in [0.2, 0.25) is 0 Å². The van der Waals surface area contributed by atoms with Gasteiger partial charge in [-0.05, 0) is 22.4 Å². The molecule has 14 heavy (non-hydrogen) atoms. The standard InChI is InChI=1S/C9H11BrN2O2/c1-3-5(2)8-11-4-6(10)7(12-8)9(13)14/h4-5H,3H2,1-2H3,(H,13,14). The highest BCUT2D eigenvalue weighted by molar-refractivity contribution is 9.10. The van der Waals surface area contributed by atoms with Crippen molar-refractivity contribution < 1.29 is 9.90 Å². The summed E-state index contributed by atoms with van der Waals surface area (Å²) >= 11 is 3.10. The zero-order valence-corrected chi connectivity index (χ0v) is 9.58. The van der Waals surface area contributed by atoms with Crippen LogP contribution in [0.25, 0.3) is 0 Å². The Bertz CT molecular complexity index is 355. The summed E-state index contributed by atoms with van der Waals surface area (Å²) in [4.78, 5) is 18.8. The van der Waals surface area contributed by atoms with E-state index in [-0.39, 0.29) is 11.6 Å². The summed E-state index contributed by atoms with van der Waals surface area (Å²) in [5.41, 5.74) is 0.0234. The number of rotatable bonds is 3. The summed E-state index contributed by atoms with van der Waals surface area (Å²) in [6, 6.07) is 0. The lowest BCUT2D eigenvalue weighted by Crippen LogP contribution is -2.08. The Morgan fingerprint density at radius 1 is 1.71 bits per heavy atom. The maximum absolute atomic E-state index is 10.8. The minimum atomic E-state index is -1.04. The van der Waals surface area contributed by atoms with Crippen LogP contribution in [0.5, 0.6) is 0 Å². The van der Waals surface area contributed by atoms with Crippen molar-refractivity contribution in [3.8, 4) is 0 Å². The van der Waals surface area contributed by atoms with E-state index in [1.54, 1.807) is 0 Å². The number of aromatic carboxylic acids is 1. The minimum Gasteiger partial charge on any atom is -0.476 e. The first-order valence-electron chi connectivity index (χ1n) is 4.32. The monoisotopic (exact) mass is 258 g/mol. The van der Waals surface area contributed by atoms with E-state index in [1.807, 2.05) is 13.8 Å². The lowest BCUT2D eigenvalue weighted by molar-refractivity contribution is 0.0688. The molecule has 1 rings (SSSR count). The van der Waals surface area contributed by atoms with Crippen molar-refractivity contribution in [1.82, 2.24) is 9.97 Å². The van der Waals surface area contributed by atoms with E-state index in [2.05, 4.69) is 25.9 Å². The normalized spacial score (nSPS) is 12.5. The van der Waals surface area contributed by atoms with Crippen LogP contribution in [0.3, 0.4) is 0 Å². The SMILES string of the molecule is CCC(C)c1ncc(Br)c(C(=O)O)n1. The van der Waals surface area contributed by atoms with E-state index in [0.717, 1.165) is 6.42 Å². The highest BCUT2D eigenvalue weighted by atomic mass is 79.9. The molecule has 4 nitrogen and oxygen atoms in total. The van der Waals surface area contributed by atoms with Gasteiger partial charge in [-0.3, -0.25) is 0 Å². The largest absolute Gasteiger partial charge is 0.476 e. The third-order valence-corrected chi connectivity index (χ3v) is 2.60. The molecule has 1 unspecified atom stereocenters. The predicted octanol–water partition coefficient (Wildman–Crippen LogP) is 2.45. The Balaban J connectivity index is 3.12. The van der Waals surface area contributed by atoms with Gasteiger partial charge in [0.25, 0.3) is 0 Å². The molecule has 0 aliphatic heterocycles. The number of hydrogen-bond acceptors (Lipinski definition) is 3. The van der Waals surface area contributed by atoms with E-state index < -0.39 is 5.97 Å². The van der Waals surface area contributed by atoms with Crippen molar-refractivity contribution in [2.75, 3.05) is 0 Å². The topological polar surface area (TPSA) is 63.1 Å². The van der Waals surface area contributed by atoms with Gasteiger partial charge in [-0.25, -0.2) is 14.8 Å². The lowest BCUT2D eigenvalue weighted by Gasteiger charge is -2.07. The van der Waals surface area contributed by atoms with E-state index in [0.29, 0.717) is 10.3 Å². The summed E-state index contributed by atoms with van der Waals surface area (Å²) < 4.78 is 0.414. The summed E-state index contributed by atoms with van der Waals surface area (Å²) in [7, 11) is 0. The van der Waals surface area contributed by atoms with Crippen molar-refractivity contribution in [2.24, 2.45) is 0 Å². The van der Waals surface area contributed by atoms with Crippen molar-refractivity contribution in [2.45, 2.75) is 26.2 Å². The van der Waals surface area contributed by atoms with Gasteiger partial charge in [0.1, 0.15) is 5.82 Å². The quantitative estimate of drug-likeness (QED) is 0.905. The molecule has 0 aliphatic carbocycles. The Morgan fingerprint density at radius 2 is 2.36 bits per heavy atom. The smallest absolute Gasteiger partial charge is 0.355 e. The molecule has 0 aromatic carbocycles. The van der Waals surface area contributed by atoms with Crippen LogP contribution in [0.4, 0.5) is 0 Å². The van der Waals surface area contributed by atoms with Crippen LogP contribution in [0, 0.1) is 0 Å². The third kappa shape index (κ3) is 2.29. The van der Waals surface area contributed by atoms with Crippen LogP contribution >= 0.6 is 15.9 Å². The number of carboxylic acids is 1. The number of halogens is 1. The Labute approximate surface area is 90.5 Å². The summed E-state index contributed by atoms with van der Waals surface area (Å²) in [6.07, 6.45) is 2.37. The molecule has 1 aromatic rings. The molecule has 0 spiro atoms. The Hall–Kier alpha value is -0.970. The number of carbonyl (C=O) groups is 1. The highest BCUT2D eigenvalue weighted by Gasteiger charge is 2.14. The van der Waals surface area contributed by atoms with Gasteiger partial charge < -0.3 is 5.11 Å². The molecule has 0 saturated heterocycles. The van der Waals surface area contributed by atoms with Crippen LogP contribution < -0.4 is 0 Å². The van der Waals surface area contributed by atoms with Crippen LogP contribution in [-0.2, 0) is 0 Å². The number of aromatic nitrogens is 2. The van der Waals surface area contributed by atoms with E-state index in [4.69, 9.17) is 5.11 Å². The van der Waals surface area contributed by atoms with Gasteiger partial charge in [0.05, 0.1) is 4.47 Å². The van der Waals surface area contributed by atoms with Gasteiger partial charge in [0, 0.05) is 12.1 Å². The van der Waals surface area contributed by atoms with Crippen molar-refractivity contribution in [3.05, 3.63) is 22.2 Å². The zero-order valence-electron chi connectivity index (χ0n) is 7.99. The predicted molar refractivity (Wildman–Crippen MR) is 55.4 cm³/mol. The fourth-order valence-electron chi connectivity index (χ4n) is 0.951. The fourth-order valence-corrected chi connectivity index (χ4v) is 1.31. The molecule has 1 aromatic heterocycles. The molecule has 5 heteroatoms. The molecule has 0 fully saturated rings. The van der Waals surface area contributed by atoms with Gasteiger partial charge in [-0.15, -0.1) is 0 Å². The van der Waals surface area contributed by atoms with Crippen LogP contribution in [-0.4, -0.2) is 21.0 Å². The summed E-state index contributed by atoms with van der Waals surface area (Å²) in [6.45, 7) is 3.98. The first-order valence-corrected chi connectivity index (χ1v) is 5.11. The van der Waals surface area contributed by atoms with Crippen molar-refractivity contribution >= 4 is 21.9 Å². The molecule has 0 radical (unpaired) electrons. The molecule has 0 aliphatic rings. The fraction of sp³-hybridized carbons (Fsp3) is 0.444. The molecular weight excluding hydrogens is 248 g/mol. The number of carboxylic acid groups (broad SMARTS) is 1. The van der Waals surface area contributed by atoms with E-state index in [1.165, 1.54) is 6.20 Å². The molecule has 1 heterocycles. The third-order valence-electron chi connectivity index (χ3n) is 2.02. The summed E-state index contributed by atoms with van der Waals surface area (Å²) in [5, 5.41) is 8.82. The molecule has 0 saturated carbocycles. The second-order valence-corrected chi connectivity index (χ2v) is 3.89. The average molecular weight is 259 g/mol. The molecular formula is C9H11BrN2O2. The molecule has 1 atom stereocenters. The van der Waals surface area contributed by atoms with Gasteiger partial charge in [-0.1, -0.05) is 13.8 Å². The summed E-state index contributed by atoms with van der Waals surface area (Å²) in [5.74, 6) is -0.280. The average Bonchev–Trinajstić information content (AvgIpc) is 2.17. The molecule has 0 bridgehead atoms. The second-order valence-electron chi connectivity index (χ2n) is 3.04. The first kappa shape index (κ1) is 11.1. The van der Waals surface area contributed by atoms with E-state index in [9.17, 15) is 4.79 Å². The Morgan fingerprint density at radius 3 is 2.86 bits per heavy atom. The highest BCUT2D eigenvalue weighted by Crippen LogP contribution is 2.18. The minimum absolute atomic E-state index is 0.0234. The second kappa shape index (κ2) is 4.50. The first-order chi connectivity index (χ1) is 6.56. The maximum Gasteiger partial charge on any atom is 0.355 e. The van der Waals surface area contributed by atoms with E-state index >= 15 is 0 Å². The van der Waals surface area contributed by atoms with Crippen LogP contribution in [0.15, 0.2) is 10.7 Å². The Kier molecular flexibility index (Phi) is 3.57. The maximum atomic E-state index is 10.8. The van der Waals surface area contributed by atoms with Gasteiger partial charge in [-0.2, -0.15) is 0 Å². The molecule has 0 amide bonds. The zero-order chi connectivity index (χ0) is 10.7. The van der Waals surface area contributed by atoms with Crippen molar-refractivity contribution in [3.63, 3.8) is 0 Å². The number of hydrogen-bond donors (Lipinski definition) is 1. The van der Waals surface area contributed by atoms with Crippen LogP contribution in [0.1, 0.15) is 42.5 Å².